The first kappa shape index (κ1) is 26.2. The summed E-state index contributed by atoms with van der Waals surface area (Å²) in [5, 5.41) is 2.67. The molecule has 0 heterocycles. The summed E-state index contributed by atoms with van der Waals surface area (Å²) in [4.78, 5) is 12.4. The van der Waals surface area contributed by atoms with Crippen molar-refractivity contribution in [2.24, 2.45) is 0 Å². The lowest BCUT2D eigenvalue weighted by Gasteiger charge is -2.22. The van der Waals surface area contributed by atoms with Gasteiger partial charge in [-0.25, -0.2) is 21.2 Å². The van der Waals surface area contributed by atoms with Crippen molar-refractivity contribution < 1.29 is 26.0 Å². The van der Waals surface area contributed by atoms with Gasteiger partial charge in [-0.05, 0) is 79.6 Å². The second-order valence-electron chi connectivity index (χ2n) is 7.96. The number of halogens is 1. The Balaban J connectivity index is 1.56. The smallest absolute Gasteiger partial charge is 0.261 e. The molecule has 3 rings (SSSR count). The Morgan fingerprint density at radius 2 is 1.57 bits per heavy atom. The number of aryl methyl sites for hydroxylation is 1. The second kappa shape index (κ2) is 10.9. The molecule has 11 heteroatoms. The van der Waals surface area contributed by atoms with Crippen LogP contribution in [0, 0.1) is 12.7 Å². The normalized spacial score (nSPS) is 11.6. The van der Waals surface area contributed by atoms with Crippen LogP contribution in [0.25, 0.3) is 0 Å². The number of nitrogens with one attached hydrogen (secondary N) is 2. The average Bonchev–Trinajstić information content (AvgIpc) is 2.77. The number of carbonyl (C=O) groups is 1. The van der Waals surface area contributed by atoms with E-state index < -0.39 is 25.9 Å². The van der Waals surface area contributed by atoms with E-state index in [4.69, 9.17) is 0 Å². The summed E-state index contributed by atoms with van der Waals surface area (Å²) < 4.78 is 66.2. The summed E-state index contributed by atoms with van der Waals surface area (Å²) in [6.07, 6.45) is 1.30. The maximum absolute atomic E-state index is 13.2. The van der Waals surface area contributed by atoms with Gasteiger partial charge in [-0.3, -0.25) is 13.8 Å². The average molecular weight is 520 g/mol. The Morgan fingerprint density at radius 3 is 2.17 bits per heavy atom. The van der Waals surface area contributed by atoms with Gasteiger partial charge in [-0.1, -0.05) is 12.1 Å². The van der Waals surface area contributed by atoms with Crippen LogP contribution in [0.1, 0.15) is 18.4 Å². The van der Waals surface area contributed by atoms with E-state index >= 15 is 0 Å². The van der Waals surface area contributed by atoms with E-state index in [9.17, 15) is 26.0 Å². The standard InChI is InChI=1S/C24H26FN3O5S2/c1-18-5-3-6-21(17-18)27-35(32,33)23-14-10-20(11-15-23)26-24(29)7-4-16-28(34(2,30)31)22-12-8-19(25)9-13-22/h3,5-6,8-15,17,27H,4,7,16H2,1-2H3,(H,26,29). The molecular weight excluding hydrogens is 493 g/mol. The fourth-order valence-electron chi connectivity index (χ4n) is 3.34. The molecule has 0 fully saturated rings. The lowest BCUT2D eigenvalue weighted by molar-refractivity contribution is -0.116. The zero-order chi connectivity index (χ0) is 25.6. The Hall–Kier alpha value is -3.44. The Labute approximate surface area is 204 Å². The van der Waals surface area contributed by atoms with Crippen molar-refractivity contribution in [1.29, 1.82) is 0 Å². The van der Waals surface area contributed by atoms with Gasteiger partial charge in [0.25, 0.3) is 10.0 Å². The molecule has 0 aromatic heterocycles. The highest BCUT2D eigenvalue weighted by molar-refractivity contribution is 7.92. The van der Waals surface area contributed by atoms with Crippen LogP contribution in [-0.2, 0) is 24.8 Å². The van der Waals surface area contributed by atoms with Gasteiger partial charge in [-0.15, -0.1) is 0 Å². The summed E-state index contributed by atoms with van der Waals surface area (Å²) in [5.74, 6) is -0.836. The van der Waals surface area contributed by atoms with Crippen molar-refractivity contribution in [3.05, 3.63) is 84.2 Å². The topological polar surface area (TPSA) is 113 Å². The predicted molar refractivity (Wildman–Crippen MR) is 135 cm³/mol. The molecule has 0 atom stereocenters. The number of rotatable bonds is 10. The first-order chi connectivity index (χ1) is 16.4. The molecular formula is C24H26FN3O5S2. The van der Waals surface area contributed by atoms with E-state index in [1.807, 2.05) is 13.0 Å². The van der Waals surface area contributed by atoms with Crippen molar-refractivity contribution in [2.45, 2.75) is 24.7 Å². The molecule has 0 unspecified atom stereocenters. The van der Waals surface area contributed by atoms with Gasteiger partial charge in [-0.2, -0.15) is 0 Å². The third-order valence-electron chi connectivity index (χ3n) is 5.00. The van der Waals surface area contributed by atoms with Crippen molar-refractivity contribution in [1.82, 2.24) is 0 Å². The fourth-order valence-corrected chi connectivity index (χ4v) is 5.36. The molecule has 8 nitrogen and oxygen atoms in total. The monoisotopic (exact) mass is 519 g/mol. The van der Waals surface area contributed by atoms with Crippen LogP contribution in [0.3, 0.4) is 0 Å². The van der Waals surface area contributed by atoms with Crippen LogP contribution in [0.15, 0.2) is 77.7 Å². The summed E-state index contributed by atoms with van der Waals surface area (Å²) in [7, 11) is -7.41. The molecule has 0 spiro atoms. The van der Waals surface area contributed by atoms with E-state index in [0.29, 0.717) is 17.1 Å². The Bertz CT molecular complexity index is 1390. The number of hydrogen-bond donors (Lipinski definition) is 2. The lowest BCUT2D eigenvalue weighted by atomic mass is 10.2. The minimum absolute atomic E-state index is 0.0299. The molecule has 3 aromatic rings. The molecule has 0 aliphatic rings. The van der Waals surface area contributed by atoms with Crippen LogP contribution < -0.4 is 14.3 Å². The molecule has 0 bridgehead atoms. The summed E-state index contributed by atoms with van der Waals surface area (Å²) in [6.45, 7) is 1.90. The van der Waals surface area contributed by atoms with Gasteiger partial charge in [0, 0.05) is 24.3 Å². The van der Waals surface area contributed by atoms with E-state index in [2.05, 4.69) is 10.0 Å². The number of hydrogen-bond acceptors (Lipinski definition) is 5. The highest BCUT2D eigenvalue weighted by Gasteiger charge is 2.18. The maximum Gasteiger partial charge on any atom is 0.261 e. The van der Waals surface area contributed by atoms with Gasteiger partial charge in [0.05, 0.1) is 16.8 Å². The quantitative estimate of drug-likeness (QED) is 0.418. The Morgan fingerprint density at radius 1 is 0.914 bits per heavy atom. The minimum Gasteiger partial charge on any atom is -0.326 e. The van der Waals surface area contributed by atoms with Crippen LogP contribution in [-0.4, -0.2) is 35.5 Å². The molecule has 35 heavy (non-hydrogen) atoms. The van der Waals surface area contributed by atoms with Gasteiger partial charge in [0.2, 0.25) is 15.9 Å². The van der Waals surface area contributed by atoms with Crippen LogP contribution in [0.2, 0.25) is 0 Å². The van der Waals surface area contributed by atoms with Gasteiger partial charge in [0.15, 0.2) is 0 Å². The summed E-state index contributed by atoms with van der Waals surface area (Å²) in [6, 6.07) is 17.8. The highest BCUT2D eigenvalue weighted by Crippen LogP contribution is 2.21. The van der Waals surface area contributed by atoms with Crippen molar-refractivity contribution >= 4 is 43.0 Å². The predicted octanol–water partition coefficient (Wildman–Crippen LogP) is 4.12. The third-order valence-corrected chi connectivity index (χ3v) is 7.59. The first-order valence-electron chi connectivity index (χ1n) is 10.7. The zero-order valence-electron chi connectivity index (χ0n) is 19.2. The number of anilines is 3. The maximum atomic E-state index is 13.2. The molecule has 0 aliphatic heterocycles. The highest BCUT2D eigenvalue weighted by atomic mass is 32.2. The molecule has 0 saturated heterocycles. The van der Waals surface area contributed by atoms with Crippen molar-refractivity contribution in [2.75, 3.05) is 27.1 Å². The zero-order valence-corrected chi connectivity index (χ0v) is 20.9. The number of nitrogens with zero attached hydrogens (tertiary/aromatic N) is 1. The third kappa shape index (κ3) is 7.52. The van der Waals surface area contributed by atoms with E-state index in [0.717, 1.165) is 16.1 Å². The first-order valence-corrected chi connectivity index (χ1v) is 14.0. The minimum atomic E-state index is -3.79. The number of carbonyl (C=O) groups excluding carboxylic acids is 1. The number of amides is 1. The summed E-state index contributed by atoms with van der Waals surface area (Å²) >= 11 is 0. The molecule has 0 saturated carbocycles. The van der Waals surface area contributed by atoms with E-state index in [1.165, 1.54) is 48.5 Å². The van der Waals surface area contributed by atoms with Crippen molar-refractivity contribution in [3.8, 4) is 0 Å². The number of benzene rings is 3. The second-order valence-corrected chi connectivity index (χ2v) is 11.6. The molecule has 0 aliphatic carbocycles. The largest absolute Gasteiger partial charge is 0.326 e. The lowest BCUT2D eigenvalue weighted by Crippen LogP contribution is -2.31. The fraction of sp³-hybridized carbons (Fsp3) is 0.208. The summed E-state index contributed by atoms with van der Waals surface area (Å²) in [5.41, 5.74) is 2.08. The molecule has 1 amide bonds. The van der Waals surface area contributed by atoms with Crippen molar-refractivity contribution in [3.63, 3.8) is 0 Å². The molecule has 3 aromatic carbocycles. The van der Waals surface area contributed by atoms with Crippen LogP contribution >= 0.6 is 0 Å². The molecule has 0 radical (unpaired) electrons. The van der Waals surface area contributed by atoms with Crippen LogP contribution in [0.4, 0.5) is 21.5 Å². The van der Waals surface area contributed by atoms with E-state index in [1.54, 1.807) is 18.2 Å². The molecule has 2 N–H and O–H groups in total. The van der Waals surface area contributed by atoms with Crippen LogP contribution in [0.5, 0.6) is 0 Å². The van der Waals surface area contributed by atoms with E-state index in [-0.39, 0.29) is 30.2 Å². The SMILES string of the molecule is Cc1cccc(NS(=O)(=O)c2ccc(NC(=O)CCCN(c3ccc(F)cc3)S(C)(=O)=O)cc2)c1. The Kier molecular flexibility index (Phi) is 8.13. The van der Waals surface area contributed by atoms with Gasteiger partial charge in [0.1, 0.15) is 5.82 Å². The number of sulfonamides is 2. The van der Waals surface area contributed by atoms with Gasteiger partial charge < -0.3 is 5.32 Å². The molecule has 186 valence electrons. The van der Waals surface area contributed by atoms with Gasteiger partial charge >= 0.3 is 0 Å².